The Hall–Kier alpha value is -1.73. The number of sulfonamides is 1. The Morgan fingerprint density at radius 3 is 2.46 bits per heavy atom. The van der Waals surface area contributed by atoms with E-state index in [0.717, 1.165) is 11.4 Å². The molecule has 0 spiro atoms. The number of halogens is 1. The van der Waals surface area contributed by atoms with E-state index in [0.29, 0.717) is 19.0 Å². The average molecular weight is 493 g/mol. The van der Waals surface area contributed by atoms with E-state index in [-0.39, 0.29) is 35.4 Å². The number of nitrogens with one attached hydrogen (secondary N) is 3. The van der Waals surface area contributed by atoms with Crippen LogP contribution in [0, 0.1) is 6.92 Å². The van der Waals surface area contributed by atoms with Crippen LogP contribution in [0.15, 0.2) is 40.5 Å². The molecular formula is C15H24IN7O2S. The van der Waals surface area contributed by atoms with E-state index < -0.39 is 10.0 Å². The van der Waals surface area contributed by atoms with E-state index in [9.17, 15) is 8.42 Å². The Kier molecular flexibility index (Phi) is 8.95. The summed E-state index contributed by atoms with van der Waals surface area (Å²) in [5, 5.41) is 10.1. The molecule has 0 unspecified atom stereocenters. The molecule has 0 fully saturated rings. The van der Waals surface area contributed by atoms with Gasteiger partial charge in [-0.1, -0.05) is 17.7 Å². The molecule has 144 valence electrons. The quantitative estimate of drug-likeness (QED) is 0.223. The minimum absolute atomic E-state index is 0. The zero-order valence-electron chi connectivity index (χ0n) is 14.9. The van der Waals surface area contributed by atoms with Crippen LogP contribution in [0.5, 0.6) is 0 Å². The van der Waals surface area contributed by atoms with Crippen LogP contribution in [0.4, 0.5) is 0 Å². The van der Waals surface area contributed by atoms with E-state index in [2.05, 4.69) is 30.4 Å². The number of nitrogens with zero attached hydrogens (tertiary/aromatic N) is 4. The first-order valence-electron chi connectivity index (χ1n) is 7.76. The molecular weight excluding hydrogens is 469 g/mol. The second-order valence-electron chi connectivity index (χ2n) is 5.36. The number of hydrogen-bond acceptors (Lipinski definition) is 5. The second kappa shape index (κ2) is 10.4. The van der Waals surface area contributed by atoms with Gasteiger partial charge in [-0.05, 0) is 19.1 Å². The lowest BCUT2D eigenvalue weighted by molar-refractivity contribution is 0.580. The van der Waals surface area contributed by atoms with Crippen molar-refractivity contribution in [2.75, 3.05) is 20.1 Å². The standard InChI is InChI=1S/C15H23N7O2S.HI/c1-12-4-6-13(7-5-12)25(23,24)21-9-8-17-15(16-2)18-10-14-19-11-20-22(14)3;/h4-7,11,21H,8-10H2,1-3H3,(H2,16,17,18);1H. The molecule has 9 nitrogen and oxygen atoms in total. The number of aromatic nitrogens is 3. The first-order valence-corrected chi connectivity index (χ1v) is 9.24. The highest BCUT2D eigenvalue weighted by Gasteiger charge is 2.12. The van der Waals surface area contributed by atoms with Crippen molar-refractivity contribution in [3.63, 3.8) is 0 Å². The fourth-order valence-electron chi connectivity index (χ4n) is 2.03. The molecule has 0 saturated heterocycles. The number of aryl methyl sites for hydroxylation is 2. The molecule has 1 aromatic heterocycles. The number of rotatable bonds is 7. The molecule has 0 saturated carbocycles. The highest BCUT2D eigenvalue weighted by Crippen LogP contribution is 2.09. The van der Waals surface area contributed by atoms with Gasteiger partial charge in [-0.3, -0.25) is 9.67 Å². The number of aliphatic imine (C=N–C) groups is 1. The van der Waals surface area contributed by atoms with E-state index in [1.807, 2.05) is 6.92 Å². The summed E-state index contributed by atoms with van der Waals surface area (Å²) in [6.07, 6.45) is 1.48. The molecule has 26 heavy (non-hydrogen) atoms. The van der Waals surface area contributed by atoms with Gasteiger partial charge in [-0.15, -0.1) is 24.0 Å². The third kappa shape index (κ3) is 6.53. The van der Waals surface area contributed by atoms with Gasteiger partial charge in [0.05, 0.1) is 11.4 Å². The molecule has 11 heteroatoms. The van der Waals surface area contributed by atoms with Gasteiger partial charge in [-0.2, -0.15) is 5.10 Å². The minimum Gasteiger partial charge on any atom is -0.355 e. The van der Waals surface area contributed by atoms with E-state index >= 15 is 0 Å². The lowest BCUT2D eigenvalue weighted by Crippen LogP contribution is -2.41. The van der Waals surface area contributed by atoms with E-state index in [1.54, 1.807) is 43.0 Å². The molecule has 2 aromatic rings. The van der Waals surface area contributed by atoms with E-state index in [1.165, 1.54) is 6.33 Å². The van der Waals surface area contributed by atoms with Gasteiger partial charge in [0.15, 0.2) is 5.96 Å². The van der Waals surface area contributed by atoms with Crippen LogP contribution in [0.3, 0.4) is 0 Å². The average Bonchev–Trinajstić information content (AvgIpc) is 2.99. The normalized spacial score (nSPS) is 11.7. The highest BCUT2D eigenvalue weighted by molar-refractivity contribution is 14.0. The third-order valence-corrected chi connectivity index (χ3v) is 4.96. The number of guanidine groups is 1. The van der Waals surface area contributed by atoms with Crippen LogP contribution >= 0.6 is 24.0 Å². The van der Waals surface area contributed by atoms with Gasteiger partial charge in [0.25, 0.3) is 0 Å². The van der Waals surface area contributed by atoms with Crippen LogP contribution in [0.2, 0.25) is 0 Å². The molecule has 1 heterocycles. The van der Waals surface area contributed by atoms with Crippen LogP contribution in [0.1, 0.15) is 11.4 Å². The Morgan fingerprint density at radius 1 is 1.19 bits per heavy atom. The van der Waals surface area contributed by atoms with Crippen molar-refractivity contribution >= 4 is 40.0 Å². The first-order chi connectivity index (χ1) is 11.9. The molecule has 0 radical (unpaired) electrons. The summed E-state index contributed by atoms with van der Waals surface area (Å²) < 4.78 is 28.6. The summed E-state index contributed by atoms with van der Waals surface area (Å²) in [6, 6.07) is 6.72. The van der Waals surface area contributed by atoms with Crippen LogP contribution in [-0.4, -0.2) is 49.3 Å². The van der Waals surface area contributed by atoms with Gasteiger partial charge < -0.3 is 10.6 Å². The number of hydrogen-bond donors (Lipinski definition) is 3. The van der Waals surface area contributed by atoms with Crippen molar-refractivity contribution in [2.45, 2.75) is 18.4 Å². The van der Waals surface area contributed by atoms with Crippen LogP contribution in [0.25, 0.3) is 0 Å². The SMILES string of the molecule is CN=C(NCCNS(=O)(=O)c1ccc(C)cc1)NCc1ncnn1C.I. The topological polar surface area (TPSA) is 113 Å². The van der Waals surface area contributed by atoms with Crippen LogP contribution < -0.4 is 15.4 Å². The molecule has 0 aliphatic carbocycles. The molecule has 2 rings (SSSR count). The van der Waals surface area contributed by atoms with Crippen LogP contribution in [-0.2, 0) is 23.6 Å². The van der Waals surface area contributed by atoms with Gasteiger partial charge >= 0.3 is 0 Å². The molecule has 0 bridgehead atoms. The van der Waals surface area contributed by atoms with Gasteiger partial charge in [0, 0.05) is 27.2 Å². The Morgan fingerprint density at radius 2 is 1.88 bits per heavy atom. The van der Waals surface area contributed by atoms with Crippen molar-refractivity contribution in [3.8, 4) is 0 Å². The van der Waals surface area contributed by atoms with E-state index in [4.69, 9.17) is 0 Å². The maximum absolute atomic E-state index is 12.2. The van der Waals surface area contributed by atoms with Crippen molar-refractivity contribution in [1.82, 2.24) is 30.1 Å². The summed E-state index contributed by atoms with van der Waals surface area (Å²) in [5.74, 6) is 1.32. The first kappa shape index (κ1) is 22.3. The Bertz CT molecular complexity index is 819. The van der Waals surface area contributed by atoms with Crippen molar-refractivity contribution in [3.05, 3.63) is 42.0 Å². The molecule has 1 aromatic carbocycles. The fourth-order valence-corrected chi connectivity index (χ4v) is 3.06. The Balaban J connectivity index is 0.00000338. The molecule has 0 atom stereocenters. The molecule has 0 amide bonds. The fraction of sp³-hybridized carbons (Fsp3) is 0.400. The summed E-state index contributed by atoms with van der Waals surface area (Å²) in [4.78, 5) is 8.44. The molecule has 3 N–H and O–H groups in total. The number of benzene rings is 1. The molecule has 0 aliphatic rings. The lowest BCUT2D eigenvalue weighted by atomic mass is 10.2. The monoisotopic (exact) mass is 493 g/mol. The van der Waals surface area contributed by atoms with Crippen molar-refractivity contribution in [2.24, 2.45) is 12.0 Å². The summed E-state index contributed by atoms with van der Waals surface area (Å²) >= 11 is 0. The zero-order chi connectivity index (χ0) is 18.3. The zero-order valence-corrected chi connectivity index (χ0v) is 18.1. The second-order valence-corrected chi connectivity index (χ2v) is 7.13. The summed E-state index contributed by atoms with van der Waals surface area (Å²) in [5.41, 5.74) is 1.01. The molecule has 0 aliphatic heterocycles. The predicted octanol–water partition coefficient (Wildman–Crippen LogP) is 0.385. The minimum atomic E-state index is -3.51. The summed E-state index contributed by atoms with van der Waals surface area (Å²) in [6.45, 7) is 3.00. The smallest absolute Gasteiger partial charge is 0.240 e. The predicted molar refractivity (Wildman–Crippen MR) is 111 cm³/mol. The largest absolute Gasteiger partial charge is 0.355 e. The van der Waals surface area contributed by atoms with Gasteiger partial charge in [0.2, 0.25) is 10.0 Å². The van der Waals surface area contributed by atoms with Crippen molar-refractivity contribution in [1.29, 1.82) is 0 Å². The lowest BCUT2D eigenvalue weighted by Gasteiger charge is -2.12. The van der Waals surface area contributed by atoms with Crippen molar-refractivity contribution < 1.29 is 8.42 Å². The maximum atomic E-state index is 12.2. The highest BCUT2D eigenvalue weighted by atomic mass is 127. The summed E-state index contributed by atoms with van der Waals surface area (Å²) in [7, 11) is -0.0600. The Labute approximate surface area is 170 Å². The maximum Gasteiger partial charge on any atom is 0.240 e. The van der Waals surface area contributed by atoms with Gasteiger partial charge in [0.1, 0.15) is 12.2 Å². The van der Waals surface area contributed by atoms with Gasteiger partial charge in [-0.25, -0.2) is 18.1 Å². The third-order valence-electron chi connectivity index (χ3n) is 3.48.